The van der Waals surface area contributed by atoms with Crippen LogP contribution >= 0.6 is 0 Å². The van der Waals surface area contributed by atoms with Crippen molar-refractivity contribution >= 4 is 17.9 Å². The summed E-state index contributed by atoms with van der Waals surface area (Å²) in [6, 6.07) is 0. The predicted molar refractivity (Wildman–Crippen MR) is 146 cm³/mol. The van der Waals surface area contributed by atoms with Crippen LogP contribution in [0.2, 0.25) is 0 Å². The van der Waals surface area contributed by atoms with Crippen molar-refractivity contribution < 1.29 is 60.0 Å². The molecule has 43 heavy (non-hydrogen) atoms. The fourth-order valence-electron chi connectivity index (χ4n) is 5.75. The summed E-state index contributed by atoms with van der Waals surface area (Å²) in [7, 11) is 0. The van der Waals surface area contributed by atoms with Crippen LogP contribution in [-0.2, 0) is 28.6 Å². The van der Waals surface area contributed by atoms with E-state index in [4.69, 9.17) is 9.47 Å². The average molecular weight is 635 g/mol. The molecule has 0 aromatic rings. The van der Waals surface area contributed by atoms with Gasteiger partial charge in [-0.25, -0.2) is 0 Å². The van der Waals surface area contributed by atoms with Gasteiger partial charge in [0.25, 0.3) is 0 Å². The summed E-state index contributed by atoms with van der Waals surface area (Å²) >= 11 is 0. The average Bonchev–Trinajstić information content (AvgIpc) is 3.30. The summed E-state index contributed by atoms with van der Waals surface area (Å²) in [6.45, 7) is 11.5. The molecule has 0 saturated heterocycles. The number of ether oxygens (including phenoxy) is 3. The summed E-state index contributed by atoms with van der Waals surface area (Å²) in [5, 5.41) is 9.84. The van der Waals surface area contributed by atoms with Crippen molar-refractivity contribution in [1.82, 2.24) is 0 Å². The van der Waals surface area contributed by atoms with Gasteiger partial charge in [-0.3, -0.25) is 14.4 Å². The smallest absolute Gasteiger partial charge is 0.425 e. The van der Waals surface area contributed by atoms with E-state index in [1.807, 2.05) is 6.92 Å². The molecule has 0 bridgehead atoms. The normalized spacial score (nSPS) is 21.5. The van der Waals surface area contributed by atoms with E-state index in [2.05, 4.69) is 4.74 Å². The molecule has 1 rings (SSSR count). The van der Waals surface area contributed by atoms with Crippen LogP contribution in [0, 0.1) is 16.2 Å². The highest BCUT2D eigenvalue weighted by molar-refractivity contribution is 5.83. The molecular weight excluding hydrogens is 586 g/mol. The van der Waals surface area contributed by atoms with Crippen LogP contribution < -0.4 is 0 Å². The molecule has 1 saturated carbocycles. The van der Waals surface area contributed by atoms with E-state index in [1.165, 1.54) is 34.6 Å². The monoisotopic (exact) mass is 634 g/mol. The molecule has 1 fully saturated rings. The Balaban J connectivity index is 3.41. The maximum Gasteiger partial charge on any atom is 0.425 e. The Bertz CT molecular complexity index is 984. The summed E-state index contributed by atoms with van der Waals surface area (Å²) in [5.41, 5.74) is -8.64. The van der Waals surface area contributed by atoms with E-state index in [-0.39, 0.29) is 19.3 Å². The van der Waals surface area contributed by atoms with Gasteiger partial charge in [-0.05, 0) is 99.8 Å². The third kappa shape index (κ3) is 9.97. The number of alkyl halides is 6. The Morgan fingerprint density at radius 3 is 1.72 bits per heavy atom. The molecule has 0 aromatic carbocycles. The molecule has 252 valence electrons. The molecule has 0 spiro atoms. The van der Waals surface area contributed by atoms with Crippen molar-refractivity contribution in [3.63, 3.8) is 0 Å². The molecule has 0 amide bonds. The SMILES string of the molecule is CCC1(OC(=O)C(C)(CC(C)(C)C(=O)OC(C)C(F)(F)F)CC(C)(CC)C(=O)OC(C)CC(C)(O)C(F)(F)F)CCCC1. The minimum Gasteiger partial charge on any atom is -0.462 e. The van der Waals surface area contributed by atoms with Crippen molar-refractivity contribution in [3.05, 3.63) is 0 Å². The number of hydrogen-bond acceptors (Lipinski definition) is 7. The number of aliphatic hydroxyl groups is 1. The van der Waals surface area contributed by atoms with Gasteiger partial charge in [-0.15, -0.1) is 0 Å². The van der Waals surface area contributed by atoms with E-state index < -0.39 is 76.3 Å². The minimum atomic E-state index is -4.97. The number of halogens is 6. The fourth-order valence-corrected chi connectivity index (χ4v) is 5.75. The van der Waals surface area contributed by atoms with Crippen LogP contribution in [0.25, 0.3) is 0 Å². The van der Waals surface area contributed by atoms with Crippen molar-refractivity contribution in [2.75, 3.05) is 0 Å². The molecule has 1 N–H and O–H groups in total. The van der Waals surface area contributed by atoms with Crippen molar-refractivity contribution in [2.45, 2.75) is 156 Å². The van der Waals surface area contributed by atoms with Gasteiger partial charge in [-0.1, -0.05) is 13.8 Å². The first kappa shape index (κ1) is 39.0. The molecule has 1 aliphatic carbocycles. The van der Waals surface area contributed by atoms with Gasteiger partial charge in [0.2, 0.25) is 0 Å². The highest BCUT2D eigenvalue weighted by Gasteiger charge is 2.54. The van der Waals surface area contributed by atoms with Gasteiger partial charge >= 0.3 is 30.3 Å². The van der Waals surface area contributed by atoms with Gasteiger partial charge in [-0.2, -0.15) is 26.3 Å². The van der Waals surface area contributed by atoms with Gasteiger partial charge in [0.1, 0.15) is 11.7 Å². The second-order valence-electron chi connectivity index (χ2n) is 13.6. The first-order valence-corrected chi connectivity index (χ1v) is 14.7. The lowest BCUT2D eigenvalue weighted by Crippen LogP contribution is -2.48. The van der Waals surface area contributed by atoms with E-state index in [1.54, 1.807) is 6.92 Å². The minimum absolute atomic E-state index is 0.0615. The number of hydrogen-bond donors (Lipinski definition) is 1. The van der Waals surface area contributed by atoms with Crippen LogP contribution in [0.15, 0.2) is 0 Å². The first-order valence-electron chi connectivity index (χ1n) is 14.7. The van der Waals surface area contributed by atoms with Crippen LogP contribution in [0.1, 0.15) is 120 Å². The Morgan fingerprint density at radius 1 is 0.791 bits per heavy atom. The zero-order chi connectivity index (χ0) is 33.9. The predicted octanol–water partition coefficient (Wildman–Crippen LogP) is 7.61. The van der Waals surface area contributed by atoms with Crippen LogP contribution in [0.3, 0.4) is 0 Å². The Kier molecular flexibility index (Phi) is 12.3. The van der Waals surface area contributed by atoms with E-state index in [0.29, 0.717) is 33.1 Å². The molecule has 0 heterocycles. The highest BCUT2D eigenvalue weighted by atomic mass is 19.4. The topological polar surface area (TPSA) is 99.1 Å². The standard InChI is InChI=1S/C30H48F6O7/c1-10-25(7,22(38)41-19(3)16-27(9,40)30(34,35)36)18-26(8,23(39)43-28(11-2)14-12-13-15-28)17-24(5,6)21(37)42-20(4)29(31,32)33/h19-20,40H,10-18H2,1-9H3. The van der Waals surface area contributed by atoms with Crippen molar-refractivity contribution in [3.8, 4) is 0 Å². The van der Waals surface area contributed by atoms with Gasteiger partial charge in [0, 0.05) is 6.42 Å². The molecule has 0 radical (unpaired) electrons. The Hall–Kier alpha value is -2.05. The van der Waals surface area contributed by atoms with E-state index >= 15 is 0 Å². The summed E-state index contributed by atoms with van der Waals surface area (Å²) in [5.74, 6) is -2.88. The lowest BCUT2D eigenvalue weighted by atomic mass is 9.65. The fraction of sp³-hybridized carbons (Fsp3) is 0.900. The second-order valence-corrected chi connectivity index (χ2v) is 13.6. The molecule has 1 aliphatic rings. The zero-order valence-electron chi connectivity index (χ0n) is 26.7. The summed E-state index contributed by atoms with van der Waals surface area (Å²) in [6.07, 6.45) is -11.7. The lowest BCUT2D eigenvalue weighted by Gasteiger charge is -2.42. The second kappa shape index (κ2) is 13.5. The molecule has 5 unspecified atom stereocenters. The lowest BCUT2D eigenvalue weighted by molar-refractivity contribution is -0.261. The summed E-state index contributed by atoms with van der Waals surface area (Å²) < 4.78 is 95.0. The zero-order valence-corrected chi connectivity index (χ0v) is 26.7. The Morgan fingerprint density at radius 2 is 1.30 bits per heavy atom. The molecule has 0 aromatic heterocycles. The highest BCUT2D eigenvalue weighted by Crippen LogP contribution is 2.48. The number of carbonyl (C=O) groups excluding carboxylic acids is 3. The summed E-state index contributed by atoms with van der Waals surface area (Å²) in [4.78, 5) is 40.3. The van der Waals surface area contributed by atoms with E-state index in [9.17, 15) is 45.8 Å². The molecule has 7 nitrogen and oxygen atoms in total. The number of esters is 3. The third-order valence-corrected chi connectivity index (χ3v) is 8.75. The van der Waals surface area contributed by atoms with Gasteiger partial charge in [0.05, 0.1) is 16.2 Å². The third-order valence-electron chi connectivity index (χ3n) is 8.75. The van der Waals surface area contributed by atoms with Crippen LogP contribution in [0.4, 0.5) is 26.3 Å². The molecule has 0 aliphatic heterocycles. The first-order chi connectivity index (χ1) is 19.2. The van der Waals surface area contributed by atoms with Gasteiger partial charge in [0.15, 0.2) is 11.7 Å². The van der Waals surface area contributed by atoms with Crippen LogP contribution in [-0.4, -0.2) is 58.8 Å². The maximum absolute atomic E-state index is 13.9. The van der Waals surface area contributed by atoms with E-state index in [0.717, 1.165) is 12.8 Å². The Labute approximate surface area is 250 Å². The van der Waals surface area contributed by atoms with Crippen LogP contribution in [0.5, 0.6) is 0 Å². The van der Waals surface area contributed by atoms with Crippen molar-refractivity contribution in [2.24, 2.45) is 16.2 Å². The number of carbonyl (C=O) groups is 3. The molecule has 13 heteroatoms. The quantitative estimate of drug-likeness (QED) is 0.119. The molecule has 5 atom stereocenters. The molecular formula is C30H48F6O7. The maximum atomic E-state index is 13.9. The van der Waals surface area contributed by atoms with Crippen molar-refractivity contribution in [1.29, 1.82) is 0 Å². The largest absolute Gasteiger partial charge is 0.462 e. The number of rotatable bonds is 14. The van der Waals surface area contributed by atoms with Gasteiger partial charge < -0.3 is 19.3 Å².